The molecule has 84 valence electrons. The van der Waals surface area contributed by atoms with E-state index in [4.69, 9.17) is 4.74 Å². The van der Waals surface area contributed by atoms with Gasteiger partial charge in [-0.2, -0.15) is 0 Å². The van der Waals surface area contributed by atoms with Gasteiger partial charge in [-0.1, -0.05) is 0 Å². The van der Waals surface area contributed by atoms with Gasteiger partial charge in [-0.25, -0.2) is 4.98 Å². The topological polar surface area (TPSA) is 34.1 Å². The van der Waals surface area contributed by atoms with Crippen molar-refractivity contribution in [2.45, 2.75) is 38.8 Å². The fourth-order valence-corrected chi connectivity index (χ4v) is 2.16. The molecule has 15 heavy (non-hydrogen) atoms. The molecule has 1 saturated carbocycles. The zero-order chi connectivity index (χ0) is 10.5. The molecule has 1 aromatic rings. The number of ether oxygens (including phenoxy) is 1. The SMILES string of the molecule is CCOCCc1nc(CNC2CC2)cs1. The summed E-state index contributed by atoms with van der Waals surface area (Å²) in [5.41, 5.74) is 1.18. The maximum Gasteiger partial charge on any atom is 0.0951 e. The van der Waals surface area contributed by atoms with Crippen molar-refractivity contribution < 1.29 is 4.74 Å². The smallest absolute Gasteiger partial charge is 0.0951 e. The predicted octanol–water partition coefficient (Wildman–Crippen LogP) is 1.97. The second kappa shape index (κ2) is 5.58. The second-order valence-electron chi connectivity index (χ2n) is 3.83. The van der Waals surface area contributed by atoms with Crippen molar-refractivity contribution in [1.29, 1.82) is 0 Å². The molecule has 2 rings (SSSR count). The predicted molar refractivity (Wildman–Crippen MR) is 62.2 cm³/mol. The molecule has 1 aromatic heterocycles. The van der Waals surface area contributed by atoms with E-state index >= 15 is 0 Å². The minimum Gasteiger partial charge on any atom is -0.381 e. The summed E-state index contributed by atoms with van der Waals surface area (Å²) in [6, 6.07) is 0.763. The van der Waals surface area contributed by atoms with Gasteiger partial charge in [0.05, 0.1) is 17.3 Å². The van der Waals surface area contributed by atoms with Gasteiger partial charge in [0, 0.05) is 31.0 Å². The number of hydrogen-bond acceptors (Lipinski definition) is 4. The highest BCUT2D eigenvalue weighted by molar-refractivity contribution is 7.09. The number of nitrogens with one attached hydrogen (secondary N) is 1. The Morgan fingerprint density at radius 1 is 1.60 bits per heavy atom. The third-order valence-electron chi connectivity index (χ3n) is 2.41. The first-order valence-corrected chi connectivity index (χ1v) is 6.51. The normalized spacial score (nSPS) is 15.8. The minimum atomic E-state index is 0.763. The highest BCUT2D eigenvalue weighted by Crippen LogP contribution is 2.19. The molecule has 3 nitrogen and oxygen atoms in total. The Morgan fingerprint density at radius 3 is 3.20 bits per heavy atom. The molecule has 1 fully saturated rings. The van der Waals surface area contributed by atoms with Gasteiger partial charge in [-0.3, -0.25) is 0 Å². The van der Waals surface area contributed by atoms with Crippen LogP contribution in [-0.2, 0) is 17.7 Å². The number of nitrogens with zero attached hydrogens (tertiary/aromatic N) is 1. The summed E-state index contributed by atoms with van der Waals surface area (Å²) < 4.78 is 5.31. The summed E-state index contributed by atoms with van der Waals surface area (Å²) in [6.45, 7) is 4.53. The molecule has 0 unspecified atom stereocenters. The minimum absolute atomic E-state index is 0.763. The molecule has 0 spiro atoms. The van der Waals surface area contributed by atoms with Crippen LogP contribution in [0.5, 0.6) is 0 Å². The molecule has 0 bridgehead atoms. The van der Waals surface area contributed by atoms with Crippen molar-refractivity contribution >= 4 is 11.3 Å². The summed E-state index contributed by atoms with van der Waals surface area (Å²) in [6.07, 6.45) is 3.62. The first-order valence-electron chi connectivity index (χ1n) is 5.63. The third-order valence-corrected chi connectivity index (χ3v) is 3.37. The molecule has 1 aliphatic rings. The lowest BCUT2D eigenvalue weighted by molar-refractivity contribution is 0.151. The number of thiazole rings is 1. The number of rotatable bonds is 7. The lowest BCUT2D eigenvalue weighted by Crippen LogP contribution is -2.15. The monoisotopic (exact) mass is 226 g/mol. The molecule has 0 amide bonds. The van der Waals surface area contributed by atoms with Gasteiger partial charge >= 0.3 is 0 Å². The van der Waals surface area contributed by atoms with Crippen LogP contribution in [0, 0.1) is 0 Å². The van der Waals surface area contributed by atoms with E-state index in [1.165, 1.54) is 23.5 Å². The van der Waals surface area contributed by atoms with Crippen molar-refractivity contribution in [2.24, 2.45) is 0 Å². The molecular weight excluding hydrogens is 208 g/mol. The van der Waals surface area contributed by atoms with E-state index in [0.717, 1.165) is 32.2 Å². The van der Waals surface area contributed by atoms with Crippen LogP contribution in [0.3, 0.4) is 0 Å². The molecule has 0 aromatic carbocycles. The Kier molecular flexibility index (Phi) is 4.11. The van der Waals surface area contributed by atoms with E-state index < -0.39 is 0 Å². The molecule has 0 atom stereocenters. The average Bonchev–Trinajstić information content (AvgIpc) is 2.97. The number of aromatic nitrogens is 1. The fourth-order valence-electron chi connectivity index (χ4n) is 1.39. The van der Waals surface area contributed by atoms with Gasteiger partial charge in [-0.05, 0) is 19.8 Å². The van der Waals surface area contributed by atoms with Gasteiger partial charge in [-0.15, -0.1) is 11.3 Å². The zero-order valence-corrected chi connectivity index (χ0v) is 9.98. The molecule has 4 heteroatoms. The zero-order valence-electron chi connectivity index (χ0n) is 9.16. The summed E-state index contributed by atoms with van der Waals surface area (Å²) in [7, 11) is 0. The Bertz CT molecular complexity index is 297. The van der Waals surface area contributed by atoms with Gasteiger partial charge < -0.3 is 10.1 Å². The van der Waals surface area contributed by atoms with E-state index in [2.05, 4.69) is 15.7 Å². The highest BCUT2D eigenvalue weighted by atomic mass is 32.1. The van der Waals surface area contributed by atoms with E-state index in [1.807, 2.05) is 6.92 Å². The second-order valence-corrected chi connectivity index (χ2v) is 4.78. The van der Waals surface area contributed by atoms with Gasteiger partial charge in [0.1, 0.15) is 0 Å². The molecule has 0 saturated heterocycles. The van der Waals surface area contributed by atoms with Crippen molar-refractivity contribution in [3.8, 4) is 0 Å². The van der Waals surface area contributed by atoms with Crippen LogP contribution in [-0.4, -0.2) is 24.2 Å². The maximum atomic E-state index is 5.31. The van der Waals surface area contributed by atoms with E-state index in [1.54, 1.807) is 11.3 Å². The van der Waals surface area contributed by atoms with Gasteiger partial charge in [0.15, 0.2) is 0 Å². The van der Waals surface area contributed by atoms with Gasteiger partial charge in [0.2, 0.25) is 0 Å². The van der Waals surface area contributed by atoms with Gasteiger partial charge in [0.25, 0.3) is 0 Å². The Morgan fingerprint density at radius 2 is 2.47 bits per heavy atom. The van der Waals surface area contributed by atoms with E-state index in [-0.39, 0.29) is 0 Å². The summed E-state index contributed by atoms with van der Waals surface area (Å²) in [4.78, 5) is 4.56. The summed E-state index contributed by atoms with van der Waals surface area (Å²) >= 11 is 1.74. The molecular formula is C11H18N2OS. The van der Waals surface area contributed by atoms with Crippen LogP contribution in [0.25, 0.3) is 0 Å². The first-order chi connectivity index (χ1) is 7.38. The fraction of sp³-hybridized carbons (Fsp3) is 0.727. The lowest BCUT2D eigenvalue weighted by Gasteiger charge is -1.98. The largest absolute Gasteiger partial charge is 0.381 e. The van der Waals surface area contributed by atoms with Crippen LogP contribution in [0.4, 0.5) is 0 Å². The molecule has 0 radical (unpaired) electrons. The van der Waals surface area contributed by atoms with Crippen LogP contribution < -0.4 is 5.32 Å². The Hall–Kier alpha value is -0.450. The standard InChI is InChI=1S/C11H18N2OS/c1-2-14-6-5-11-13-10(8-15-11)7-12-9-3-4-9/h8-9,12H,2-7H2,1H3. The molecule has 1 heterocycles. The van der Waals surface area contributed by atoms with Crippen molar-refractivity contribution in [3.63, 3.8) is 0 Å². The van der Waals surface area contributed by atoms with E-state index in [0.29, 0.717) is 0 Å². The van der Waals surface area contributed by atoms with E-state index in [9.17, 15) is 0 Å². The van der Waals surface area contributed by atoms with Crippen molar-refractivity contribution in [3.05, 3.63) is 16.1 Å². The highest BCUT2D eigenvalue weighted by Gasteiger charge is 2.20. The Labute approximate surface area is 94.9 Å². The quantitative estimate of drug-likeness (QED) is 0.722. The van der Waals surface area contributed by atoms with Crippen LogP contribution in [0.2, 0.25) is 0 Å². The Balaban J connectivity index is 1.70. The molecule has 1 N–H and O–H groups in total. The summed E-state index contributed by atoms with van der Waals surface area (Å²) in [5, 5.41) is 6.81. The summed E-state index contributed by atoms with van der Waals surface area (Å²) in [5.74, 6) is 0. The lowest BCUT2D eigenvalue weighted by atomic mass is 10.4. The molecule has 0 aliphatic heterocycles. The van der Waals surface area contributed by atoms with Crippen LogP contribution in [0.1, 0.15) is 30.5 Å². The average molecular weight is 226 g/mol. The number of hydrogen-bond donors (Lipinski definition) is 1. The van der Waals surface area contributed by atoms with Crippen molar-refractivity contribution in [2.75, 3.05) is 13.2 Å². The first kappa shape index (κ1) is 11.0. The van der Waals surface area contributed by atoms with Crippen LogP contribution in [0.15, 0.2) is 5.38 Å². The van der Waals surface area contributed by atoms with Crippen LogP contribution >= 0.6 is 11.3 Å². The maximum absolute atomic E-state index is 5.31. The molecule has 1 aliphatic carbocycles. The van der Waals surface area contributed by atoms with Crippen molar-refractivity contribution in [1.82, 2.24) is 10.3 Å². The third kappa shape index (κ3) is 3.89.